The van der Waals surface area contributed by atoms with Crippen LogP contribution in [0.2, 0.25) is 0 Å². The lowest BCUT2D eigenvalue weighted by Crippen LogP contribution is -2.39. The molecule has 36 heavy (non-hydrogen) atoms. The Bertz CT molecular complexity index is 1300. The van der Waals surface area contributed by atoms with Crippen molar-refractivity contribution in [3.63, 3.8) is 0 Å². The Balaban J connectivity index is 1.51. The first-order valence-electron chi connectivity index (χ1n) is 11.3. The summed E-state index contributed by atoms with van der Waals surface area (Å²) in [6, 6.07) is 5.90. The zero-order valence-electron chi connectivity index (χ0n) is 20.1. The van der Waals surface area contributed by atoms with Crippen LogP contribution in [0.4, 0.5) is 26.6 Å². The van der Waals surface area contributed by atoms with Crippen molar-refractivity contribution in [1.29, 1.82) is 0 Å². The third-order valence-corrected chi connectivity index (χ3v) is 5.73. The Labute approximate surface area is 207 Å². The van der Waals surface area contributed by atoms with E-state index in [0.717, 1.165) is 16.8 Å². The predicted molar refractivity (Wildman–Crippen MR) is 133 cm³/mol. The molecule has 0 spiro atoms. The molecule has 4 rings (SSSR count). The third kappa shape index (κ3) is 5.29. The summed E-state index contributed by atoms with van der Waals surface area (Å²) < 4.78 is 19.0. The number of anilines is 3. The number of hydrogen-bond donors (Lipinski definition) is 2. The number of carbonyl (C=O) groups is 2. The van der Waals surface area contributed by atoms with Crippen molar-refractivity contribution in [2.75, 3.05) is 22.1 Å². The first-order chi connectivity index (χ1) is 17.3. The van der Waals surface area contributed by atoms with Crippen LogP contribution in [0.3, 0.4) is 0 Å². The minimum Gasteiger partial charge on any atom is -0.447 e. The monoisotopic (exact) mass is 491 g/mol. The van der Waals surface area contributed by atoms with E-state index in [-0.39, 0.29) is 30.3 Å². The standard InChI is InChI=1S/C25H26FN7O3/c1-5-23(34)31-17-6-8-27-20(11-17)18-12-29-19(10-14(18)2)16(4)30-24-28-9-7-22(32-24)33-21(15(3)26)13-36-25(33)35/h5-12,15-16,21H,1,13H2,2-4H3,(H,27,31,34)(H,28,30,32)/t15-,16-,21+/m0/s1. The van der Waals surface area contributed by atoms with Crippen molar-refractivity contribution >= 4 is 29.5 Å². The Morgan fingerprint density at radius 3 is 2.75 bits per heavy atom. The second-order valence-corrected chi connectivity index (χ2v) is 8.34. The van der Waals surface area contributed by atoms with Gasteiger partial charge in [0.25, 0.3) is 0 Å². The van der Waals surface area contributed by atoms with Gasteiger partial charge in [-0.2, -0.15) is 4.98 Å². The number of aromatic nitrogens is 4. The summed E-state index contributed by atoms with van der Waals surface area (Å²) in [6.45, 7) is 8.64. The molecule has 1 saturated heterocycles. The van der Waals surface area contributed by atoms with Crippen molar-refractivity contribution in [2.45, 2.75) is 39.0 Å². The first kappa shape index (κ1) is 24.7. The quantitative estimate of drug-likeness (QED) is 0.449. The van der Waals surface area contributed by atoms with Crippen LogP contribution in [0.1, 0.15) is 31.1 Å². The first-order valence-corrected chi connectivity index (χ1v) is 11.3. The molecule has 186 valence electrons. The molecule has 0 radical (unpaired) electrons. The van der Waals surface area contributed by atoms with Gasteiger partial charge in [0.15, 0.2) is 0 Å². The molecule has 3 aromatic rings. The third-order valence-electron chi connectivity index (χ3n) is 5.73. The van der Waals surface area contributed by atoms with Gasteiger partial charge in [-0.1, -0.05) is 6.58 Å². The highest BCUT2D eigenvalue weighted by Crippen LogP contribution is 2.27. The number of pyridine rings is 2. The van der Waals surface area contributed by atoms with Crippen molar-refractivity contribution in [2.24, 2.45) is 0 Å². The Morgan fingerprint density at radius 2 is 2.03 bits per heavy atom. The number of amides is 2. The number of carbonyl (C=O) groups excluding carboxylic acids is 2. The van der Waals surface area contributed by atoms with E-state index in [0.29, 0.717) is 11.4 Å². The van der Waals surface area contributed by atoms with Crippen LogP contribution in [0.15, 0.2) is 55.5 Å². The summed E-state index contributed by atoms with van der Waals surface area (Å²) in [6.07, 6.45) is 4.11. The van der Waals surface area contributed by atoms with Crippen LogP contribution in [0, 0.1) is 6.92 Å². The number of alkyl halides is 1. The Morgan fingerprint density at radius 1 is 1.25 bits per heavy atom. The number of cyclic esters (lactones) is 1. The molecule has 0 aromatic carbocycles. The number of rotatable bonds is 8. The Kier molecular flexibility index (Phi) is 7.18. The fourth-order valence-corrected chi connectivity index (χ4v) is 3.79. The maximum absolute atomic E-state index is 14.0. The van der Waals surface area contributed by atoms with Crippen molar-refractivity contribution in [1.82, 2.24) is 19.9 Å². The van der Waals surface area contributed by atoms with E-state index >= 15 is 0 Å². The van der Waals surface area contributed by atoms with Gasteiger partial charge < -0.3 is 15.4 Å². The predicted octanol–water partition coefficient (Wildman–Crippen LogP) is 4.22. The van der Waals surface area contributed by atoms with Gasteiger partial charge >= 0.3 is 6.09 Å². The Hall–Kier alpha value is -4.41. The largest absolute Gasteiger partial charge is 0.447 e. The van der Waals surface area contributed by atoms with E-state index in [1.165, 1.54) is 30.2 Å². The molecular formula is C25H26FN7O3. The topological polar surface area (TPSA) is 122 Å². The van der Waals surface area contributed by atoms with Gasteiger partial charge in [0, 0.05) is 29.8 Å². The fourth-order valence-electron chi connectivity index (χ4n) is 3.79. The van der Waals surface area contributed by atoms with Crippen LogP contribution >= 0.6 is 0 Å². The molecule has 0 aliphatic carbocycles. The van der Waals surface area contributed by atoms with Gasteiger partial charge in [-0.3, -0.25) is 19.7 Å². The van der Waals surface area contributed by atoms with Gasteiger partial charge in [-0.15, -0.1) is 0 Å². The van der Waals surface area contributed by atoms with Crippen molar-refractivity contribution in [3.8, 4) is 11.3 Å². The molecule has 1 aliphatic rings. The smallest absolute Gasteiger partial charge is 0.416 e. The maximum Gasteiger partial charge on any atom is 0.416 e. The second kappa shape index (κ2) is 10.5. The lowest BCUT2D eigenvalue weighted by Gasteiger charge is -2.22. The van der Waals surface area contributed by atoms with Crippen molar-refractivity contribution < 1.29 is 18.7 Å². The number of halogens is 1. The molecule has 2 N–H and O–H groups in total. The molecule has 2 amide bonds. The molecule has 3 atom stereocenters. The van der Waals surface area contributed by atoms with E-state index in [4.69, 9.17) is 4.74 Å². The van der Waals surface area contributed by atoms with E-state index in [1.54, 1.807) is 24.5 Å². The summed E-state index contributed by atoms with van der Waals surface area (Å²) >= 11 is 0. The van der Waals surface area contributed by atoms with Gasteiger partial charge in [-0.25, -0.2) is 14.2 Å². The summed E-state index contributed by atoms with van der Waals surface area (Å²) in [5, 5.41) is 5.89. The average molecular weight is 492 g/mol. The molecule has 1 aliphatic heterocycles. The molecule has 0 saturated carbocycles. The summed E-state index contributed by atoms with van der Waals surface area (Å²) in [4.78, 5) is 42.5. The molecule has 10 nitrogen and oxygen atoms in total. The highest BCUT2D eigenvalue weighted by Gasteiger charge is 2.39. The van der Waals surface area contributed by atoms with E-state index < -0.39 is 18.3 Å². The molecular weight excluding hydrogens is 465 g/mol. The minimum absolute atomic E-state index is 0.0341. The molecule has 4 heterocycles. The molecule has 11 heteroatoms. The van der Waals surface area contributed by atoms with Gasteiger partial charge in [0.05, 0.1) is 17.4 Å². The second-order valence-electron chi connectivity index (χ2n) is 8.34. The molecule has 0 bridgehead atoms. The molecule has 3 aromatic heterocycles. The number of hydrogen-bond acceptors (Lipinski definition) is 8. The van der Waals surface area contributed by atoms with E-state index in [1.807, 2.05) is 19.9 Å². The van der Waals surface area contributed by atoms with Gasteiger partial charge in [0.2, 0.25) is 11.9 Å². The van der Waals surface area contributed by atoms with Gasteiger partial charge in [0.1, 0.15) is 24.6 Å². The fraction of sp³-hybridized carbons (Fsp3) is 0.280. The molecule has 0 unspecified atom stereocenters. The summed E-state index contributed by atoms with van der Waals surface area (Å²) in [7, 11) is 0. The summed E-state index contributed by atoms with van der Waals surface area (Å²) in [5.41, 5.74) is 3.75. The van der Waals surface area contributed by atoms with E-state index in [9.17, 15) is 14.0 Å². The van der Waals surface area contributed by atoms with Crippen molar-refractivity contribution in [3.05, 3.63) is 66.8 Å². The SMILES string of the molecule is C=CC(=O)Nc1ccnc(-c2cnc([C@H](C)Nc3nccc(N4C(=O)OC[C@@H]4[C@H](C)F)n3)cc2C)c1. The van der Waals surface area contributed by atoms with Crippen LogP contribution < -0.4 is 15.5 Å². The molecule has 1 fully saturated rings. The van der Waals surface area contributed by atoms with Crippen LogP contribution in [-0.4, -0.2) is 50.8 Å². The normalized spacial score (nSPS) is 16.7. The van der Waals surface area contributed by atoms with Gasteiger partial charge in [-0.05, 0) is 56.7 Å². The van der Waals surface area contributed by atoms with Crippen LogP contribution in [-0.2, 0) is 9.53 Å². The number of nitrogens with zero attached hydrogens (tertiary/aromatic N) is 5. The maximum atomic E-state index is 14.0. The number of nitrogens with one attached hydrogen (secondary N) is 2. The summed E-state index contributed by atoms with van der Waals surface area (Å²) in [5.74, 6) is 0.214. The highest BCUT2D eigenvalue weighted by atomic mass is 19.1. The number of aryl methyl sites for hydroxylation is 1. The highest BCUT2D eigenvalue weighted by molar-refractivity contribution is 5.99. The van der Waals surface area contributed by atoms with Crippen LogP contribution in [0.5, 0.6) is 0 Å². The van der Waals surface area contributed by atoms with E-state index in [2.05, 4.69) is 37.1 Å². The lowest BCUT2D eigenvalue weighted by molar-refractivity contribution is -0.111. The zero-order chi connectivity index (χ0) is 25.8. The van der Waals surface area contributed by atoms with Crippen LogP contribution in [0.25, 0.3) is 11.3 Å². The minimum atomic E-state index is -1.28. The zero-order valence-corrected chi connectivity index (χ0v) is 20.1. The average Bonchev–Trinajstić information content (AvgIpc) is 3.26. The lowest BCUT2D eigenvalue weighted by atomic mass is 10.0. The number of ether oxygens (including phenoxy) is 1.